The highest BCUT2D eigenvalue weighted by Crippen LogP contribution is 2.33. The van der Waals surface area contributed by atoms with Crippen molar-refractivity contribution in [2.45, 2.75) is 0 Å². The molecular weight excluding hydrogens is 367 g/mol. The molecule has 9 heteroatoms. The minimum absolute atomic E-state index is 0.0680. The Morgan fingerprint density at radius 3 is 2.22 bits per heavy atom. The maximum absolute atomic E-state index is 11.9. The van der Waals surface area contributed by atoms with E-state index in [1.54, 1.807) is 0 Å². The second-order valence-corrected chi connectivity index (χ2v) is 5.58. The van der Waals surface area contributed by atoms with E-state index in [1.165, 1.54) is 36.4 Å². The number of carbonyl (C=O) groups is 1. The summed E-state index contributed by atoms with van der Waals surface area (Å²) >= 11 is 17.7. The Balaban J connectivity index is 1.96. The SMILES string of the molecule is O=C(COc1ccc([N+](=O)[O-])cc1)Nc1c(Cl)cc(Cl)cc1Cl. The molecule has 0 saturated heterocycles. The predicted molar refractivity (Wildman–Crippen MR) is 88.7 cm³/mol. The van der Waals surface area contributed by atoms with Crippen LogP contribution in [0.2, 0.25) is 15.1 Å². The summed E-state index contributed by atoms with van der Waals surface area (Å²) in [6, 6.07) is 8.24. The van der Waals surface area contributed by atoms with Crippen molar-refractivity contribution in [3.63, 3.8) is 0 Å². The van der Waals surface area contributed by atoms with Crippen LogP contribution in [0.4, 0.5) is 11.4 Å². The number of halogens is 3. The number of hydrogen-bond acceptors (Lipinski definition) is 4. The van der Waals surface area contributed by atoms with E-state index in [0.717, 1.165) is 0 Å². The van der Waals surface area contributed by atoms with Gasteiger partial charge in [-0.05, 0) is 24.3 Å². The second kappa shape index (κ2) is 7.50. The molecule has 0 unspecified atom stereocenters. The fourth-order valence-corrected chi connectivity index (χ4v) is 2.56. The van der Waals surface area contributed by atoms with Crippen molar-refractivity contribution in [3.05, 3.63) is 61.6 Å². The molecule has 2 aromatic rings. The number of nitro groups is 1. The van der Waals surface area contributed by atoms with Gasteiger partial charge in [0.05, 0.1) is 20.7 Å². The van der Waals surface area contributed by atoms with Crippen LogP contribution in [-0.4, -0.2) is 17.4 Å². The molecule has 1 amide bonds. The van der Waals surface area contributed by atoms with Gasteiger partial charge in [0.1, 0.15) is 5.75 Å². The Hall–Kier alpha value is -2.02. The summed E-state index contributed by atoms with van der Waals surface area (Å²) in [4.78, 5) is 21.9. The summed E-state index contributed by atoms with van der Waals surface area (Å²) in [5.74, 6) is -0.173. The van der Waals surface area contributed by atoms with Crippen molar-refractivity contribution in [2.24, 2.45) is 0 Å². The van der Waals surface area contributed by atoms with Crippen LogP contribution in [0.3, 0.4) is 0 Å². The molecule has 0 aliphatic rings. The lowest BCUT2D eigenvalue weighted by Gasteiger charge is -2.10. The molecule has 0 fully saturated rings. The number of ether oxygens (including phenoxy) is 1. The first-order valence-electron chi connectivity index (χ1n) is 6.18. The zero-order valence-corrected chi connectivity index (χ0v) is 13.7. The molecule has 2 aromatic carbocycles. The van der Waals surface area contributed by atoms with Crippen LogP contribution in [0.25, 0.3) is 0 Å². The summed E-state index contributed by atoms with van der Waals surface area (Å²) < 4.78 is 5.23. The first-order valence-corrected chi connectivity index (χ1v) is 7.32. The van der Waals surface area contributed by atoms with Crippen LogP contribution in [0, 0.1) is 10.1 Å². The molecular formula is C14H9Cl3N2O4. The van der Waals surface area contributed by atoms with Gasteiger partial charge in [0, 0.05) is 17.2 Å². The van der Waals surface area contributed by atoms with Crippen molar-refractivity contribution in [1.29, 1.82) is 0 Å². The van der Waals surface area contributed by atoms with E-state index in [0.29, 0.717) is 10.8 Å². The molecule has 0 aromatic heterocycles. The van der Waals surface area contributed by atoms with Crippen LogP contribution in [0.5, 0.6) is 5.75 Å². The monoisotopic (exact) mass is 374 g/mol. The Kier molecular flexibility index (Phi) is 5.65. The molecule has 1 N–H and O–H groups in total. The lowest BCUT2D eigenvalue weighted by Crippen LogP contribution is -2.20. The number of benzene rings is 2. The minimum Gasteiger partial charge on any atom is -0.484 e. The summed E-state index contributed by atoms with van der Waals surface area (Å²) in [7, 11) is 0. The van der Waals surface area contributed by atoms with Gasteiger partial charge in [-0.2, -0.15) is 0 Å². The van der Waals surface area contributed by atoms with Gasteiger partial charge in [-0.25, -0.2) is 0 Å². The molecule has 6 nitrogen and oxygen atoms in total. The minimum atomic E-state index is -0.527. The molecule has 0 radical (unpaired) electrons. The number of nitrogens with one attached hydrogen (secondary N) is 1. The summed E-state index contributed by atoms with van der Waals surface area (Å²) in [6.07, 6.45) is 0. The van der Waals surface area contributed by atoms with Crippen molar-refractivity contribution >= 4 is 52.1 Å². The summed E-state index contributed by atoms with van der Waals surface area (Å²) in [5, 5.41) is 13.8. The van der Waals surface area contributed by atoms with Gasteiger partial charge < -0.3 is 10.1 Å². The Labute approximate surface area is 146 Å². The van der Waals surface area contributed by atoms with Crippen molar-refractivity contribution in [1.82, 2.24) is 0 Å². The molecule has 2 rings (SSSR count). The first-order chi connectivity index (χ1) is 10.9. The highest BCUT2D eigenvalue weighted by molar-refractivity contribution is 6.42. The van der Waals surface area contributed by atoms with E-state index in [4.69, 9.17) is 39.5 Å². The lowest BCUT2D eigenvalue weighted by atomic mass is 10.3. The van der Waals surface area contributed by atoms with Crippen molar-refractivity contribution in [2.75, 3.05) is 11.9 Å². The number of carbonyl (C=O) groups excluding carboxylic acids is 1. The highest BCUT2D eigenvalue weighted by Gasteiger charge is 2.12. The third-order valence-electron chi connectivity index (χ3n) is 2.69. The highest BCUT2D eigenvalue weighted by atomic mass is 35.5. The van der Waals surface area contributed by atoms with Gasteiger partial charge >= 0.3 is 0 Å². The smallest absolute Gasteiger partial charge is 0.269 e. The number of anilines is 1. The van der Waals surface area contributed by atoms with Crippen LogP contribution in [0.15, 0.2) is 36.4 Å². The topological polar surface area (TPSA) is 81.5 Å². The van der Waals surface area contributed by atoms with Gasteiger partial charge in [0.25, 0.3) is 11.6 Å². The molecule has 0 aliphatic carbocycles. The van der Waals surface area contributed by atoms with Crippen LogP contribution in [0.1, 0.15) is 0 Å². The average Bonchev–Trinajstić information content (AvgIpc) is 2.49. The van der Waals surface area contributed by atoms with E-state index < -0.39 is 10.8 Å². The number of nitrogens with zero attached hydrogens (tertiary/aromatic N) is 1. The Bertz CT molecular complexity index is 727. The number of hydrogen-bond donors (Lipinski definition) is 1. The largest absolute Gasteiger partial charge is 0.484 e. The number of nitro benzene ring substituents is 1. The zero-order valence-electron chi connectivity index (χ0n) is 11.4. The van der Waals surface area contributed by atoms with Gasteiger partial charge in [-0.3, -0.25) is 14.9 Å². The van der Waals surface area contributed by atoms with Crippen LogP contribution in [-0.2, 0) is 4.79 Å². The molecule has 0 aliphatic heterocycles. The Morgan fingerprint density at radius 1 is 1.13 bits per heavy atom. The van der Waals surface area contributed by atoms with E-state index in [9.17, 15) is 14.9 Å². The zero-order chi connectivity index (χ0) is 17.0. The normalized spacial score (nSPS) is 10.2. The molecule has 0 spiro atoms. The second-order valence-electron chi connectivity index (χ2n) is 4.33. The predicted octanol–water partition coefficient (Wildman–Crippen LogP) is 4.57. The van der Waals surface area contributed by atoms with Crippen molar-refractivity contribution < 1.29 is 14.5 Å². The van der Waals surface area contributed by atoms with Crippen LogP contribution < -0.4 is 10.1 Å². The average molecular weight is 376 g/mol. The maximum Gasteiger partial charge on any atom is 0.269 e. The fraction of sp³-hybridized carbons (Fsp3) is 0.0714. The first kappa shape index (κ1) is 17.3. The molecule has 0 bridgehead atoms. The van der Waals surface area contributed by atoms with E-state index >= 15 is 0 Å². The third-order valence-corrected chi connectivity index (χ3v) is 3.50. The summed E-state index contributed by atoms with van der Waals surface area (Å²) in [6.45, 7) is -0.312. The Morgan fingerprint density at radius 2 is 1.70 bits per heavy atom. The molecule has 0 atom stereocenters. The van der Waals surface area contributed by atoms with Crippen LogP contribution >= 0.6 is 34.8 Å². The van der Waals surface area contributed by atoms with E-state index in [2.05, 4.69) is 5.32 Å². The molecule has 120 valence electrons. The van der Waals surface area contributed by atoms with Gasteiger partial charge in [0.15, 0.2) is 6.61 Å². The lowest BCUT2D eigenvalue weighted by molar-refractivity contribution is -0.384. The van der Waals surface area contributed by atoms with Gasteiger partial charge in [0.2, 0.25) is 0 Å². The van der Waals surface area contributed by atoms with E-state index in [1.807, 2.05) is 0 Å². The molecule has 0 heterocycles. The summed E-state index contributed by atoms with van der Waals surface area (Å²) in [5.41, 5.74) is 0.163. The fourth-order valence-electron chi connectivity index (χ4n) is 1.65. The third kappa shape index (κ3) is 4.72. The van der Waals surface area contributed by atoms with Gasteiger partial charge in [-0.15, -0.1) is 0 Å². The molecule has 0 saturated carbocycles. The maximum atomic E-state index is 11.9. The number of non-ortho nitro benzene ring substituents is 1. The molecule has 23 heavy (non-hydrogen) atoms. The standard InChI is InChI=1S/C14H9Cl3N2O4/c15-8-5-11(16)14(12(17)6-8)18-13(20)7-23-10-3-1-9(2-4-10)19(21)22/h1-6H,7H2,(H,18,20). The van der Waals surface area contributed by atoms with Crippen molar-refractivity contribution in [3.8, 4) is 5.75 Å². The quantitative estimate of drug-likeness (QED) is 0.613. The number of rotatable bonds is 5. The number of amides is 1. The van der Waals surface area contributed by atoms with Gasteiger partial charge in [-0.1, -0.05) is 34.8 Å². The van der Waals surface area contributed by atoms with E-state index in [-0.39, 0.29) is 28.0 Å².